The Balaban J connectivity index is 1.98. The molecule has 3 heteroatoms. The Morgan fingerprint density at radius 3 is 2.33 bits per heavy atom. The van der Waals surface area contributed by atoms with Gasteiger partial charge in [-0.3, -0.25) is 0 Å². The van der Waals surface area contributed by atoms with E-state index >= 15 is 0 Å². The van der Waals surface area contributed by atoms with Gasteiger partial charge in [-0.25, -0.2) is 9.64 Å². The zero-order valence-electron chi connectivity index (χ0n) is 9.67. The number of hydrogen-bond donors (Lipinski definition) is 0. The van der Waals surface area contributed by atoms with E-state index in [0.29, 0.717) is 11.3 Å². The molecule has 2 aromatic carbocycles. The van der Waals surface area contributed by atoms with E-state index in [2.05, 4.69) is 4.85 Å². The van der Waals surface area contributed by atoms with Crippen molar-refractivity contribution in [2.24, 2.45) is 0 Å². The molecule has 2 rings (SSSR count). The summed E-state index contributed by atoms with van der Waals surface area (Å²) in [4.78, 5) is 15.0. The van der Waals surface area contributed by atoms with E-state index in [1.54, 1.807) is 24.3 Å². The van der Waals surface area contributed by atoms with Crippen molar-refractivity contribution < 1.29 is 9.53 Å². The summed E-state index contributed by atoms with van der Waals surface area (Å²) < 4.78 is 5.17. The molecular formula is C15H11NO2. The molecule has 0 spiro atoms. The van der Waals surface area contributed by atoms with Crippen molar-refractivity contribution in [3.05, 3.63) is 77.1 Å². The van der Waals surface area contributed by atoms with Crippen molar-refractivity contribution in [1.29, 1.82) is 0 Å². The van der Waals surface area contributed by atoms with Crippen LogP contribution < -0.4 is 0 Å². The molecule has 0 amide bonds. The van der Waals surface area contributed by atoms with Crippen molar-refractivity contribution in [2.45, 2.75) is 6.61 Å². The minimum absolute atomic E-state index is 0.254. The predicted octanol–water partition coefficient (Wildman–Crippen LogP) is 3.59. The van der Waals surface area contributed by atoms with Crippen LogP contribution in [0.1, 0.15) is 15.9 Å². The number of nitrogens with zero attached hydrogens (tertiary/aromatic N) is 1. The second-order valence-electron chi connectivity index (χ2n) is 3.72. The first-order valence-corrected chi connectivity index (χ1v) is 5.48. The molecule has 2 aromatic rings. The van der Waals surface area contributed by atoms with Gasteiger partial charge >= 0.3 is 5.97 Å². The summed E-state index contributed by atoms with van der Waals surface area (Å²) in [5.41, 5.74) is 1.91. The first-order chi connectivity index (χ1) is 8.79. The summed E-state index contributed by atoms with van der Waals surface area (Å²) in [6, 6.07) is 15.9. The molecule has 0 aromatic heterocycles. The molecule has 0 saturated heterocycles. The van der Waals surface area contributed by atoms with Crippen LogP contribution in [-0.4, -0.2) is 5.97 Å². The first-order valence-electron chi connectivity index (χ1n) is 5.48. The van der Waals surface area contributed by atoms with Gasteiger partial charge in [0.05, 0.1) is 12.1 Å². The van der Waals surface area contributed by atoms with Gasteiger partial charge in [0, 0.05) is 0 Å². The number of rotatable bonds is 3. The fourth-order valence-electron chi connectivity index (χ4n) is 1.48. The first kappa shape index (κ1) is 11.9. The number of esters is 1. The smallest absolute Gasteiger partial charge is 0.338 e. The van der Waals surface area contributed by atoms with Gasteiger partial charge in [-0.1, -0.05) is 54.6 Å². The van der Waals surface area contributed by atoms with Gasteiger partial charge in [0.1, 0.15) is 6.61 Å². The van der Waals surface area contributed by atoms with Crippen LogP contribution in [0.25, 0.3) is 4.85 Å². The Morgan fingerprint density at radius 2 is 1.72 bits per heavy atom. The fourth-order valence-corrected chi connectivity index (χ4v) is 1.48. The second-order valence-corrected chi connectivity index (χ2v) is 3.72. The quantitative estimate of drug-likeness (QED) is 0.603. The normalized spacial score (nSPS) is 9.50. The molecule has 88 valence electrons. The minimum atomic E-state index is -0.379. The van der Waals surface area contributed by atoms with Crippen LogP contribution in [0.5, 0.6) is 0 Å². The monoisotopic (exact) mass is 237 g/mol. The van der Waals surface area contributed by atoms with Crippen LogP contribution in [-0.2, 0) is 11.3 Å². The lowest BCUT2D eigenvalue weighted by Crippen LogP contribution is -2.04. The highest BCUT2D eigenvalue weighted by molar-refractivity contribution is 5.89. The van der Waals surface area contributed by atoms with Gasteiger partial charge in [0.25, 0.3) is 0 Å². The highest BCUT2D eigenvalue weighted by Gasteiger charge is 2.06. The van der Waals surface area contributed by atoms with Gasteiger partial charge in [-0.2, -0.15) is 0 Å². The summed E-state index contributed by atoms with van der Waals surface area (Å²) in [5, 5.41) is 0. The van der Waals surface area contributed by atoms with Gasteiger partial charge in [-0.15, -0.1) is 0 Å². The maximum Gasteiger partial charge on any atom is 0.338 e. The Morgan fingerprint density at radius 1 is 1.06 bits per heavy atom. The van der Waals surface area contributed by atoms with Crippen molar-refractivity contribution in [3.8, 4) is 0 Å². The largest absolute Gasteiger partial charge is 0.457 e. The highest BCUT2D eigenvalue weighted by atomic mass is 16.5. The minimum Gasteiger partial charge on any atom is -0.457 e. The van der Waals surface area contributed by atoms with E-state index in [0.717, 1.165) is 5.56 Å². The van der Waals surface area contributed by atoms with Gasteiger partial charge in [0.2, 0.25) is 0 Å². The molecule has 0 fully saturated rings. The second kappa shape index (κ2) is 5.65. The Hall–Kier alpha value is -2.60. The highest BCUT2D eigenvalue weighted by Crippen LogP contribution is 2.13. The van der Waals surface area contributed by atoms with Crippen LogP contribution in [0.3, 0.4) is 0 Å². The zero-order chi connectivity index (χ0) is 12.8. The lowest BCUT2D eigenvalue weighted by molar-refractivity contribution is 0.0473. The van der Waals surface area contributed by atoms with Crippen molar-refractivity contribution in [1.82, 2.24) is 0 Å². The predicted molar refractivity (Wildman–Crippen MR) is 68.3 cm³/mol. The average molecular weight is 237 g/mol. The molecule has 0 aliphatic heterocycles. The molecule has 0 aliphatic rings. The molecule has 0 aliphatic carbocycles. The number of carbonyl (C=O) groups is 1. The number of ether oxygens (including phenoxy) is 1. The third kappa shape index (κ3) is 2.96. The Bertz CT molecular complexity index is 568. The number of benzene rings is 2. The molecule has 0 atom stereocenters. The van der Waals surface area contributed by atoms with Crippen molar-refractivity contribution >= 4 is 11.7 Å². The number of hydrogen-bond acceptors (Lipinski definition) is 2. The summed E-state index contributed by atoms with van der Waals surface area (Å²) in [6.45, 7) is 7.08. The molecule has 0 saturated carbocycles. The molecule has 18 heavy (non-hydrogen) atoms. The van der Waals surface area contributed by atoms with E-state index < -0.39 is 0 Å². The zero-order valence-corrected chi connectivity index (χ0v) is 9.67. The van der Waals surface area contributed by atoms with Crippen LogP contribution in [0.4, 0.5) is 5.69 Å². The van der Waals surface area contributed by atoms with Crippen LogP contribution >= 0.6 is 0 Å². The van der Waals surface area contributed by atoms with Crippen molar-refractivity contribution in [3.63, 3.8) is 0 Å². The van der Waals surface area contributed by atoms with Crippen molar-refractivity contribution in [2.75, 3.05) is 0 Å². The summed E-state index contributed by atoms with van der Waals surface area (Å²) in [5.74, 6) is -0.379. The lowest BCUT2D eigenvalue weighted by atomic mass is 10.2. The van der Waals surface area contributed by atoms with Gasteiger partial charge in [-0.05, 0) is 5.56 Å². The van der Waals surface area contributed by atoms with Gasteiger partial charge < -0.3 is 4.74 Å². The maximum atomic E-state index is 11.7. The molecule has 0 bridgehead atoms. The van der Waals surface area contributed by atoms with E-state index in [-0.39, 0.29) is 12.6 Å². The molecule has 0 heterocycles. The van der Waals surface area contributed by atoms with E-state index in [4.69, 9.17) is 11.3 Å². The van der Waals surface area contributed by atoms with Crippen LogP contribution in [0.15, 0.2) is 54.6 Å². The van der Waals surface area contributed by atoms with Crippen LogP contribution in [0.2, 0.25) is 0 Å². The van der Waals surface area contributed by atoms with E-state index in [1.807, 2.05) is 30.3 Å². The molecule has 0 radical (unpaired) electrons. The van der Waals surface area contributed by atoms with Crippen LogP contribution in [0, 0.1) is 6.57 Å². The SMILES string of the molecule is [C-]#[N+]c1ccc(C(=O)OCc2ccccc2)cc1. The van der Waals surface area contributed by atoms with E-state index in [9.17, 15) is 4.79 Å². The Kier molecular flexibility index (Phi) is 3.72. The maximum absolute atomic E-state index is 11.7. The summed E-state index contributed by atoms with van der Waals surface area (Å²) in [6.07, 6.45) is 0. The summed E-state index contributed by atoms with van der Waals surface area (Å²) in [7, 11) is 0. The third-order valence-electron chi connectivity index (χ3n) is 2.44. The number of carbonyl (C=O) groups excluding carboxylic acids is 1. The lowest BCUT2D eigenvalue weighted by Gasteiger charge is -2.04. The molecule has 0 unspecified atom stereocenters. The topological polar surface area (TPSA) is 30.7 Å². The standard InChI is InChI=1S/C15H11NO2/c1-16-14-9-7-13(8-10-14)15(17)18-11-12-5-3-2-4-6-12/h2-10H,11H2. The Labute approximate surface area is 105 Å². The molecular weight excluding hydrogens is 226 g/mol. The third-order valence-corrected chi connectivity index (χ3v) is 2.44. The van der Waals surface area contributed by atoms with E-state index in [1.165, 1.54) is 0 Å². The molecule has 3 nitrogen and oxygen atoms in total. The fraction of sp³-hybridized carbons (Fsp3) is 0.0667. The van der Waals surface area contributed by atoms with Gasteiger partial charge in [0.15, 0.2) is 5.69 Å². The summed E-state index contributed by atoms with van der Waals surface area (Å²) >= 11 is 0. The average Bonchev–Trinajstić information content (AvgIpc) is 2.46. The molecule has 0 N–H and O–H groups in total.